The molecule has 1 aromatic heterocycles. The lowest BCUT2D eigenvalue weighted by atomic mass is 9.94. The van der Waals surface area contributed by atoms with Crippen LogP contribution in [0.2, 0.25) is 0 Å². The van der Waals surface area contributed by atoms with Gasteiger partial charge in [-0.25, -0.2) is 4.39 Å². The van der Waals surface area contributed by atoms with Crippen LogP contribution in [0.3, 0.4) is 0 Å². The molecule has 2 atom stereocenters. The summed E-state index contributed by atoms with van der Waals surface area (Å²) in [6.45, 7) is 0.803. The first kappa shape index (κ1) is 13.1. The highest BCUT2D eigenvalue weighted by Gasteiger charge is 2.25. The van der Waals surface area contributed by atoms with Crippen molar-refractivity contribution in [1.82, 2.24) is 10.1 Å². The summed E-state index contributed by atoms with van der Waals surface area (Å²) in [5.41, 5.74) is 0.596. The van der Waals surface area contributed by atoms with Crippen molar-refractivity contribution in [1.29, 1.82) is 0 Å². The molecule has 1 aliphatic rings. The van der Waals surface area contributed by atoms with Crippen LogP contribution in [0.4, 0.5) is 4.39 Å². The fourth-order valence-corrected chi connectivity index (χ4v) is 2.83. The van der Waals surface area contributed by atoms with E-state index in [0.29, 0.717) is 12.0 Å². The number of aromatic nitrogens is 1. The minimum atomic E-state index is -0.174. The number of benzene rings is 1. The van der Waals surface area contributed by atoms with Crippen LogP contribution < -0.4 is 10.9 Å². The summed E-state index contributed by atoms with van der Waals surface area (Å²) in [7, 11) is 0. The molecule has 4 nitrogen and oxygen atoms in total. The van der Waals surface area contributed by atoms with E-state index in [0.717, 1.165) is 19.4 Å². The van der Waals surface area contributed by atoms with Gasteiger partial charge in [0.1, 0.15) is 12.1 Å². The predicted octanol–water partition coefficient (Wildman–Crippen LogP) is 2.12. The lowest BCUT2D eigenvalue weighted by molar-refractivity contribution is 0.160. The van der Waals surface area contributed by atoms with Crippen LogP contribution in [0, 0.1) is 5.82 Å². The van der Waals surface area contributed by atoms with Crippen LogP contribution in [-0.2, 0) is 6.42 Å². The maximum atomic E-state index is 13.7. The van der Waals surface area contributed by atoms with E-state index >= 15 is 0 Å². The van der Waals surface area contributed by atoms with Crippen LogP contribution in [0.5, 0.6) is 0 Å². The van der Waals surface area contributed by atoms with Crippen molar-refractivity contribution >= 4 is 0 Å². The van der Waals surface area contributed by atoms with Crippen LogP contribution in [-0.4, -0.2) is 17.3 Å². The summed E-state index contributed by atoms with van der Waals surface area (Å²) < 4.78 is 20.3. The molecule has 20 heavy (non-hydrogen) atoms. The van der Waals surface area contributed by atoms with Crippen molar-refractivity contribution in [3.8, 4) is 0 Å². The molecule has 1 saturated heterocycles. The molecule has 0 radical (unpaired) electrons. The number of nitrogens with one attached hydrogen (secondary N) is 1. The van der Waals surface area contributed by atoms with Crippen molar-refractivity contribution in [2.24, 2.45) is 0 Å². The molecule has 0 saturated carbocycles. The molecule has 2 aromatic rings. The Morgan fingerprint density at radius 3 is 2.95 bits per heavy atom. The van der Waals surface area contributed by atoms with Crippen LogP contribution in [0.25, 0.3) is 0 Å². The molecule has 1 N–H and O–H groups in total. The summed E-state index contributed by atoms with van der Waals surface area (Å²) >= 11 is 0. The maximum Gasteiger partial charge on any atom is 0.282 e. The fourth-order valence-electron chi connectivity index (χ4n) is 2.83. The Morgan fingerprint density at radius 1 is 1.35 bits per heavy atom. The molecule has 0 aliphatic carbocycles. The first-order chi connectivity index (χ1) is 9.74. The van der Waals surface area contributed by atoms with Gasteiger partial charge in [0.15, 0.2) is 0 Å². The monoisotopic (exact) mass is 276 g/mol. The van der Waals surface area contributed by atoms with E-state index in [1.807, 2.05) is 6.07 Å². The summed E-state index contributed by atoms with van der Waals surface area (Å²) in [4.78, 5) is 11.6. The van der Waals surface area contributed by atoms with Gasteiger partial charge in [0.05, 0.1) is 6.04 Å². The standard InChI is InChI=1S/C15H17FN2O2/c16-14-4-2-1-3-11(14)9-12-10-13(5-7-17-12)18-15(19)6-8-20-18/h1-4,6,8,12-13,17H,5,7,9-10H2/t12-,13-/m1/s1. The van der Waals surface area contributed by atoms with Gasteiger partial charge in [0, 0.05) is 12.1 Å². The van der Waals surface area contributed by atoms with Gasteiger partial charge in [-0.2, -0.15) is 4.74 Å². The van der Waals surface area contributed by atoms with Crippen LogP contribution in [0.15, 0.2) is 45.9 Å². The summed E-state index contributed by atoms with van der Waals surface area (Å²) in [5, 5.41) is 3.38. The molecule has 1 aromatic carbocycles. The SMILES string of the molecule is O=c1ccon1[C@@H]1CCN[C@H](Cc2ccccc2F)C1. The third kappa shape index (κ3) is 2.67. The van der Waals surface area contributed by atoms with Gasteiger partial charge in [-0.3, -0.25) is 4.79 Å². The Morgan fingerprint density at radius 2 is 2.20 bits per heavy atom. The van der Waals surface area contributed by atoms with Gasteiger partial charge in [-0.1, -0.05) is 18.2 Å². The van der Waals surface area contributed by atoms with Gasteiger partial charge in [-0.05, 0) is 37.4 Å². The lowest BCUT2D eigenvalue weighted by Crippen LogP contribution is -2.41. The Balaban J connectivity index is 1.71. The Hall–Kier alpha value is -1.88. The number of hydrogen-bond acceptors (Lipinski definition) is 3. The zero-order valence-electron chi connectivity index (χ0n) is 11.1. The third-order valence-corrected chi connectivity index (χ3v) is 3.83. The van der Waals surface area contributed by atoms with Gasteiger partial charge in [-0.15, -0.1) is 0 Å². The molecule has 1 aliphatic heterocycles. The summed E-state index contributed by atoms with van der Waals surface area (Å²) in [6.07, 6.45) is 3.65. The van der Waals surface area contributed by atoms with E-state index in [9.17, 15) is 9.18 Å². The highest BCUT2D eigenvalue weighted by Crippen LogP contribution is 2.23. The normalized spacial score (nSPS) is 22.9. The predicted molar refractivity (Wildman–Crippen MR) is 73.1 cm³/mol. The lowest BCUT2D eigenvalue weighted by Gasteiger charge is -2.29. The average molecular weight is 276 g/mol. The van der Waals surface area contributed by atoms with Crippen LogP contribution in [0.1, 0.15) is 24.4 Å². The molecule has 5 heteroatoms. The quantitative estimate of drug-likeness (QED) is 0.934. The molecular formula is C15H17FN2O2. The number of nitrogens with zero attached hydrogens (tertiary/aromatic N) is 1. The number of piperidine rings is 1. The molecule has 0 amide bonds. The van der Waals surface area contributed by atoms with Crippen molar-refractivity contribution in [3.63, 3.8) is 0 Å². The minimum Gasteiger partial charge on any atom is -0.384 e. The fraction of sp³-hybridized carbons (Fsp3) is 0.400. The van der Waals surface area contributed by atoms with Gasteiger partial charge >= 0.3 is 0 Å². The Bertz CT molecular complexity index is 635. The number of hydrogen-bond donors (Lipinski definition) is 1. The van der Waals surface area contributed by atoms with Crippen molar-refractivity contribution in [2.75, 3.05) is 6.54 Å². The molecule has 1 fully saturated rings. The molecule has 3 rings (SSSR count). The maximum absolute atomic E-state index is 13.7. The van der Waals surface area contributed by atoms with E-state index in [1.165, 1.54) is 23.1 Å². The zero-order valence-corrected chi connectivity index (χ0v) is 11.1. The van der Waals surface area contributed by atoms with Crippen molar-refractivity contribution in [2.45, 2.75) is 31.3 Å². The molecule has 2 heterocycles. The highest BCUT2D eigenvalue weighted by molar-refractivity contribution is 5.18. The largest absolute Gasteiger partial charge is 0.384 e. The first-order valence-corrected chi connectivity index (χ1v) is 6.87. The molecule has 0 spiro atoms. The smallest absolute Gasteiger partial charge is 0.282 e. The number of halogens is 1. The van der Waals surface area contributed by atoms with Crippen molar-refractivity contribution in [3.05, 3.63) is 58.3 Å². The molecule has 106 valence electrons. The second kappa shape index (κ2) is 5.63. The van der Waals surface area contributed by atoms with E-state index in [1.54, 1.807) is 12.1 Å². The second-order valence-electron chi connectivity index (χ2n) is 5.20. The topological polar surface area (TPSA) is 47.2 Å². The minimum absolute atomic E-state index is 0.0514. The third-order valence-electron chi connectivity index (χ3n) is 3.83. The second-order valence-corrected chi connectivity index (χ2v) is 5.20. The average Bonchev–Trinajstić information content (AvgIpc) is 2.88. The summed E-state index contributed by atoms with van der Waals surface area (Å²) in [5.74, 6) is -0.174. The Labute approximate surface area is 116 Å². The van der Waals surface area contributed by atoms with Crippen molar-refractivity contribution < 1.29 is 8.91 Å². The molecular weight excluding hydrogens is 259 g/mol. The van der Waals surface area contributed by atoms with E-state index in [-0.39, 0.29) is 23.5 Å². The van der Waals surface area contributed by atoms with E-state index in [4.69, 9.17) is 4.52 Å². The zero-order chi connectivity index (χ0) is 13.9. The highest BCUT2D eigenvalue weighted by atomic mass is 19.1. The first-order valence-electron chi connectivity index (χ1n) is 6.87. The molecule has 0 bridgehead atoms. The van der Waals surface area contributed by atoms with Gasteiger partial charge < -0.3 is 9.84 Å². The van der Waals surface area contributed by atoms with Gasteiger partial charge in [0.2, 0.25) is 0 Å². The Kier molecular flexibility index (Phi) is 3.69. The summed E-state index contributed by atoms with van der Waals surface area (Å²) in [6, 6.07) is 8.45. The van der Waals surface area contributed by atoms with E-state index < -0.39 is 0 Å². The molecule has 0 unspecified atom stereocenters. The van der Waals surface area contributed by atoms with Crippen LogP contribution >= 0.6 is 0 Å². The number of rotatable bonds is 3. The van der Waals surface area contributed by atoms with Gasteiger partial charge in [0.25, 0.3) is 5.56 Å². The van der Waals surface area contributed by atoms with E-state index in [2.05, 4.69) is 5.32 Å².